The summed E-state index contributed by atoms with van der Waals surface area (Å²) in [5.74, 6) is -2.31. The van der Waals surface area contributed by atoms with Gasteiger partial charge in [0.1, 0.15) is 12.2 Å². The molecular weight excluding hydrogens is 537 g/mol. The number of nitrogens with zero attached hydrogens (tertiary/aromatic N) is 1. The van der Waals surface area contributed by atoms with Crippen LogP contribution in [0.3, 0.4) is 0 Å². The molecular formula is C27H33Cl2NO6S. The van der Waals surface area contributed by atoms with Crippen LogP contribution in [0.15, 0.2) is 48.5 Å². The van der Waals surface area contributed by atoms with Crippen LogP contribution in [0.4, 0.5) is 0 Å². The van der Waals surface area contributed by atoms with Gasteiger partial charge in [0.25, 0.3) is 5.91 Å². The van der Waals surface area contributed by atoms with Gasteiger partial charge in [-0.1, -0.05) is 61.3 Å². The number of benzene rings is 2. The van der Waals surface area contributed by atoms with Crippen LogP contribution in [0.25, 0.3) is 0 Å². The first-order valence-electron chi connectivity index (χ1n) is 12.0. The lowest BCUT2D eigenvalue weighted by atomic mass is 9.88. The molecule has 2 aromatic rings. The molecule has 3 rings (SSSR count). The number of rotatable bonds is 8. The summed E-state index contributed by atoms with van der Waals surface area (Å²) in [5.41, 5.74) is 1.32. The summed E-state index contributed by atoms with van der Waals surface area (Å²) in [6, 6.07) is 12.4. The maximum Gasteiger partial charge on any atom is 0.306 e. The smallest absolute Gasteiger partial charge is 0.306 e. The van der Waals surface area contributed by atoms with E-state index in [1.165, 1.54) is 4.90 Å². The zero-order chi connectivity index (χ0) is 27.7. The van der Waals surface area contributed by atoms with Crippen LogP contribution in [-0.2, 0) is 24.2 Å². The van der Waals surface area contributed by atoms with Gasteiger partial charge in [0.15, 0.2) is 9.84 Å². The second-order valence-corrected chi connectivity index (χ2v) is 14.3. The number of carbonyl (C=O) groups excluding carboxylic acids is 1. The largest absolute Gasteiger partial charge is 0.481 e. The Morgan fingerprint density at radius 1 is 1.05 bits per heavy atom. The molecule has 0 radical (unpaired) electrons. The number of amides is 1. The third-order valence-electron chi connectivity index (χ3n) is 6.63. The number of hydrogen-bond donors (Lipinski definition) is 1. The van der Waals surface area contributed by atoms with E-state index in [1.807, 2.05) is 13.8 Å². The Kier molecular flexibility index (Phi) is 9.00. The molecule has 0 saturated carbocycles. The molecule has 0 aromatic heterocycles. The van der Waals surface area contributed by atoms with Gasteiger partial charge in [0, 0.05) is 16.1 Å². The van der Waals surface area contributed by atoms with Crippen molar-refractivity contribution in [3.05, 3.63) is 69.7 Å². The average molecular weight is 571 g/mol. The molecule has 202 valence electrons. The Hall–Kier alpha value is -2.13. The number of aliphatic carboxylic acids is 1. The quantitative estimate of drug-likeness (QED) is 0.436. The Labute approximate surface area is 228 Å². The van der Waals surface area contributed by atoms with E-state index in [0.29, 0.717) is 21.2 Å². The van der Waals surface area contributed by atoms with Crippen LogP contribution >= 0.6 is 23.2 Å². The van der Waals surface area contributed by atoms with Crippen molar-refractivity contribution in [3.8, 4) is 0 Å². The molecule has 1 amide bonds. The number of carboxylic acid groups (broad SMARTS) is 1. The Bertz CT molecular complexity index is 1240. The van der Waals surface area contributed by atoms with Crippen molar-refractivity contribution in [2.24, 2.45) is 5.92 Å². The van der Waals surface area contributed by atoms with E-state index in [-0.39, 0.29) is 11.7 Å². The van der Waals surface area contributed by atoms with Crippen molar-refractivity contribution in [2.75, 3.05) is 5.75 Å². The second kappa shape index (κ2) is 11.3. The number of sulfone groups is 1. The topological polar surface area (TPSA) is 101 Å². The highest BCUT2D eigenvalue weighted by molar-refractivity contribution is 7.92. The summed E-state index contributed by atoms with van der Waals surface area (Å²) in [7, 11) is -3.65. The van der Waals surface area contributed by atoms with Crippen molar-refractivity contribution in [2.45, 2.75) is 70.1 Å². The second-order valence-electron chi connectivity index (χ2n) is 10.6. The fraction of sp³-hybridized carbons (Fsp3) is 0.481. The number of ether oxygens (including phenoxy) is 1. The standard InChI is InChI=1S/C27H33Cl2NO6S/c1-16(2)21(15-37(34,35)27(3,4)5)30-24(17-9-11-19(28)12-10-17)25(18-7-6-8-20(29)13-18)36-22(26(30)33)14-23(31)32/h6-13,16,21-22,24-25H,14-15H2,1-5H3,(H,31,32)/t21?,22-,24-,25-/m1/s1. The lowest BCUT2D eigenvalue weighted by Crippen LogP contribution is -2.58. The van der Waals surface area contributed by atoms with Gasteiger partial charge >= 0.3 is 5.97 Å². The SMILES string of the molecule is CC(C)C(CS(=O)(=O)C(C)(C)C)N1C(=O)[C@@H](CC(=O)O)O[C@H](c2cccc(Cl)c2)[C@H]1c1ccc(Cl)cc1. The number of hydrogen-bond acceptors (Lipinski definition) is 5. The first-order valence-corrected chi connectivity index (χ1v) is 14.5. The zero-order valence-corrected chi connectivity index (χ0v) is 23.8. The van der Waals surface area contributed by atoms with Crippen molar-refractivity contribution < 1.29 is 27.9 Å². The first-order chi connectivity index (χ1) is 17.1. The summed E-state index contributed by atoms with van der Waals surface area (Å²) >= 11 is 12.4. The third kappa shape index (κ3) is 6.66. The van der Waals surface area contributed by atoms with Crippen LogP contribution in [-0.4, -0.2) is 52.9 Å². The molecule has 7 nitrogen and oxygen atoms in total. The van der Waals surface area contributed by atoms with Crippen LogP contribution < -0.4 is 0 Å². The number of morpholine rings is 1. The Morgan fingerprint density at radius 2 is 1.68 bits per heavy atom. The van der Waals surface area contributed by atoms with Crippen LogP contribution in [0.1, 0.15) is 64.3 Å². The number of halogens is 2. The molecule has 0 spiro atoms. The summed E-state index contributed by atoms with van der Waals surface area (Å²) in [6.07, 6.45) is -2.67. The average Bonchev–Trinajstić information content (AvgIpc) is 2.78. The van der Waals surface area contributed by atoms with Gasteiger partial charge in [-0.15, -0.1) is 0 Å². The Morgan fingerprint density at radius 3 is 2.19 bits per heavy atom. The van der Waals surface area contributed by atoms with Gasteiger partial charge in [0.05, 0.1) is 23.0 Å². The summed E-state index contributed by atoms with van der Waals surface area (Å²) in [5, 5.41) is 10.5. The predicted molar refractivity (Wildman–Crippen MR) is 145 cm³/mol. The molecule has 1 heterocycles. The van der Waals surface area contributed by atoms with Crippen LogP contribution in [0, 0.1) is 5.92 Å². The van der Waals surface area contributed by atoms with Crippen molar-refractivity contribution >= 4 is 44.9 Å². The minimum atomic E-state index is -3.65. The molecule has 1 aliphatic heterocycles. The molecule has 1 aliphatic rings. The van der Waals surface area contributed by atoms with E-state index < -0.39 is 57.2 Å². The van der Waals surface area contributed by atoms with Crippen molar-refractivity contribution in [3.63, 3.8) is 0 Å². The van der Waals surface area contributed by atoms with Gasteiger partial charge in [0.2, 0.25) is 0 Å². The van der Waals surface area contributed by atoms with Gasteiger partial charge < -0.3 is 14.7 Å². The molecule has 2 aromatic carbocycles. The number of carbonyl (C=O) groups is 2. The maximum absolute atomic E-state index is 13.9. The summed E-state index contributed by atoms with van der Waals surface area (Å²) in [4.78, 5) is 27.1. The molecule has 1 saturated heterocycles. The first kappa shape index (κ1) is 29.4. The molecule has 0 bridgehead atoms. The molecule has 1 unspecified atom stereocenters. The van der Waals surface area contributed by atoms with E-state index in [1.54, 1.807) is 69.3 Å². The van der Waals surface area contributed by atoms with Gasteiger partial charge in [-0.05, 0) is 62.1 Å². The van der Waals surface area contributed by atoms with E-state index in [0.717, 1.165) is 0 Å². The normalized spacial score (nSPS) is 21.8. The predicted octanol–water partition coefficient (Wildman–Crippen LogP) is 5.72. The van der Waals surface area contributed by atoms with E-state index in [9.17, 15) is 23.1 Å². The molecule has 1 fully saturated rings. The van der Waals surface area contributed by atoms with Crippen molar-refractivity contribution in [1.29, 1.82) is 0 Å². The van der Waals surface area contributed by atoms with Gasteiger partial charge in [-0.2, -0.15) is 0 Å². The molecule has 4 atom stereocenters. The number of carboxylic acids is 1. The lowest BCUT2D eigenvalue weighted by Gasteiger charge is -2.49. The van der Waals surface area contributed by atoms with Crippen molar-refractivity contribution in [1.82, 2.24) is 4.90 Å². The van der Waals surface area contributed by atoms with E-state index in [4.69, 9.17) is 27.9 Å². The summed E-state index contributed by atoms with van der Waals surface area (Å²) < 4.78 is 31.9. The van der Waals surface area contributed by atoms with Crippen LogP contribution in [0.5, 0.6) is 0 Å². The molecule has 0 aliphatic carbocycles. The van der Waals surface area contributed by atoms with Gasteiger partial charge in [-0.25, -0.2) is 8.42 Å². The monoisotopic (exact) mass is 569 g/mol. The van der Waals surface area contributed by atoms with Gasteiger partial charge in [-0.3, -0.25) is 9.59 Å². The minimum Gasteiger partial charge on any atom is -0.481 e. The highest BCUT2D eigenvalue weighted by Crippen LogP contribution is 2.45. The summed E-state index contributed by atoms with van der Waals surface area (Å²) in [6.45, 7) is 8.58. The minimum absolute atomic E-state index is 0.264. The zero-order valence-electron chi connectivity index (χ0n) is 21.5. The molecule has 1 N–H and O–H groups in total. The van der Waals surface area contributed by atoms with Crippen LogP contribution in [0.2, 0.25) is 10.0 Å². The molecule has 37 heavy (non-hydrogen) atoms. The lowest BCUT2D eigenvalue weighted by molar-refractivity contribution is -0.184. The highest BCUT2D eigenvalue weighted by atomic mass is 35.5. The fourth-order valence-corrected chi connectivity index (χ4v) is 6.25. The maximum atomic E-state index is 13.9. The third-order valence-corrected chi connectivity index (χ3v) is 9.76. The highest BCUT2D eigenvalue weighted by Gasteiger charge is 2.49. The molecule has 10 heteroatoms. The van der Waals surface area contributed by atoms with E-state index >= 15 is 0 Å². The Balaban J connectivity index is 2.26. The fourth-order valence-electron chi connectivity index (χ4n) is 4.43. The van der Waals surface area contributed by atoms with E-state index in [2.05, 4.69) is 0 Å².